The van der Waals surface area contributed by atoms with E-state index in [0.29, 0.717) is 6.42 Å². The van der Waals surface area contributed by atoms with Gasteiger partial charge in [-0.3, -0.25) is 10.2 Å². The van der Waals surface area contributed by atoms with Crippen LogP contribution in [0, 0.1) is 5.92 Å². The molecule has 0 amide bonds. The lowest BCUT2D eigenvalue weighted by Crippen LogP contribution is -2.55. The molecule has 0 aromatic heterocycles. The van der Waals surface area contributed by atoms with Crippen LogP contribution in [0.2, 0.25) is 0 Å². The zero-order valence-electron chi connectivity index (χ0n) is 10.5. The summed E-state index contributed by atoms with van der Waals surface area (Å²) in [5.74, 6) is 0.164. The quantitative estimate of drug-likeness (QED) is 0.544. The van der Waals surface area contributed by atoms with Gasteiger partial charge >= 0.3 is 0 Å². The van der Waals surface area contributed by atoms with Crippen LogP contribution >= 0.6 is 0 Å². The van der Waals surface area contributed by atoms with Gasteiger partial charge in [-0.15, -0.1) is 0 Å². The van der Waals surface area contributed by atoms with Gasteiger partial charge in [0, 0.05) is 6.04 Å². The van der Waals surface area contributed by atoms with Crippen LogP contribution in [0.5, 0.6) is 0 Å². The average molecular weight is 234 g/mol. The molecule has 0 aromatic carbocycles. The molecular weight excluding hydrogens is 211 g/mol. The van der Waals surface area contributed by atoms with E-state index in [2.05, 4.69) is 10.9 Å². The number of rotatable bonds is 8. The lowest BCUT2D eigenvalue weighted by molar-refractivity contribution is -0.120. The van der Waals surface area contributed by atoms with Crippen LogP contribution < -0.4 is 10.9 Å². The van der Waals surface area contributed by atoms with Crippen LogP contribution in [-0.2, 0) is 4.79 Å². The van der Waals surface area contributed by atoms with Gasteiger partial charge in [0.05, 0.1) is 12.1 Å². The highest BCUT2D eigenvalue weighted by atomic mass is 19.1. The molecule has 4 nitrogen and oxygen atoms in total. The number of aliphatic hydroxyl groups excluding tert-OH is 1. The number of carbonyl (C=O) groups excluding carboxylic acids is 1. The maximum atomic E-state index is 12.3. The van der Waals surface area contributed by atoms with E-state index in [0.717, 1.165) is 0 Å². The van der Waals surface area contributed by atoms with Crippen LogP contribution in [0.25, 0.3) is 0 Å². The van der Waals surface area contributed by atoms with Crippen molar-refractivity contribution >= 4 is 5.78 Å². The number of nitrogens with one attached hydrogen (secondary N) is 2. The van der Waals surface area contributed by atoms with Crippen molar-refractivity contribution in [3.05, 3.63) is 0 Å². The van der Waals surface area contributed by atoms with Gasteiger partial charge in [-0.05, 0) is 19.3 Å². The fraction of sp³-hybridized carbons (Fsp3) is 0.909. The number of carbonyl (C=O) groups is 1. The highest BCUT2D eigenvalue weighted by Gasteiger charge is 2.21. The molecule has 0 heterocycles. The second-order valence-electron chi connectivity index (χ2n) is 4.36. The van der Waals surface area contributed by atoms with Crippen LogP contribution in [0.3, 0.4) is 0 Å². The van der Waals surface area contributed by atoms with Crippen LogP contribution in [-0.4, -0.2) is 35.8 Å². The van der Waals surface area contributed by atoms with Gasteiger partial charge in [-0.1, -0.05) is 20.8 Å². The molecule has 0 aliphatic rings. The topological polar surface area (TPSA) is 61.4 Å². The molecule has 0 saturated heterocycles. The van der Waals surface area contributed by atoms with E-state index >= 15 is 0 Å². The van der Waals surface area contributed by atoms with Crippen LogP contribution in [0.4, 0.5) is 4.39 Å². The van der Waals surface area contributed by atoms with Crippen molar-refractivity contribution in [3.8, 4) is 0 Å². The number of hydrogen-bond acceptors (Lipinski definition) is 4. The standard InChI is InChI=1S/C11H23FN2O2/c1-5-9(10(16)6-12)13-14-11(7(2)3)8(4)15/h7,9-11,13-14,16H,5-6H2,1-4H3. The molecule has 3 N–H and O–H groups in total. The second kappa shape index (κ2) is 7.70. The zero-order valence-corrected chi connectivity index (χ0v) is 10.5. The van der Waals surface area contributed by atoms with Gasteiger partial charge < -0.3 is 5.11 Å². The second-order valence-corrected chi connectivity index (χ2v) is 4.36. The first-order valence-corrected chi connectivity index (χ1v) is 5.69. The molecular formula is C11H23FN2O2. The Morgan fingerprint density at radius 1 is 1.38 bits per heavy atom. The van der Waals surface area contributed by atoms with Gasteiger partial charge in [-0.25, -0.2) is 9.82 Å². The first kappa shape index (κ1) is 15.5. The molecule has 3 atom stereocenters. The van der Waals surface area contributed by atoms with E-state index in [4.69, 9.17) is 0 Å². The summed E-state index contributed by atoms with van der Waals surface area (Å²) in [5.41, 5.74) is 5.68. The highest BCUT2D eigenvalue weighted by Crippen LogP contribution is 2.03. The lowest BCUT2D eigenvalue weighted by atomic mass is 10.0. The molecule has 5 heteroatoms. The molecule has 0 aliphatic heterocycles. The minimum atomic E-state index is -1.04. The fourth-order valence-electron chi connectivity index (χ4n) is 1.51. The SMILES string of the molecule is CCC(NNC(C(C)=O)C(C)C)C(O)CF. The van der Waals surface area contributed by atoms with Crippen molar-refractivity contribution < 1.29 is 14.3 Å². The van der Waals surface area contributed by atoms with Crippen molar-refractivity contribution in [2.75, 3.05) is 6.67 Å². The van der Waals surface area contributed by atoms with Crippen molar-refractivity contribution in [1.29, 1.82) is 0 Å². The number of alkyl halides is 1. The normalized spacial score (nSPS) is 17.2. The first-order chi connectivity index (χ1) is 7.43. The Hall–Kier alpha value is -0.520. The summed E-state index contributed by atoms with van der Waals surface area (Å²) in [5, 5.41) is 9.35. The van der Waals surface area contributed by atoms with Crippen LogP contribution in [0.1, 0.15) is 34.1 Å². The third-order valence-electron chi connectivity index (χ3n) is 2.59. The smallest absolute Gasteiger partial charge is 0.148 e. The molecule has 0 spiro atoms. The van der Waals surface area contributed by atoms with Crippen molar-refractivity contribution in [1.82, 2.24) is 10.9 Å². The molecule has 96 valence electrons. The molecule has 0 rings (SSSR count). The van der Waals surface area contributed by atoms with Crippen molar-refractivity contribution in [2.45, 2.75) is 52.3 Å². The van der Waals surface area contributed by atoms with E-state index < -0.39 is 12.8 Å². The average Bonchev–Trinajstić information content (AvgIpc) is 2.22. The monoisotopic (exact) mass is 234 g/mol. The number of halogens is 1. The summed E-state index contributed by atoms with van der Waals surface area (Å²) < 4.78 is 12.3. The van der Waals surface area contributed by atoms with E-state index in [1.807, 2.05) is 20.8 Å². The summed E-state index contributed by atoms with van der Waals surface area (Å²) >= 11 is 0. The highest BCUT2D eigenvalue weighted by molar-refractivity contribution is 5.81. The van der Waals surface area contributed by atoms with Gasteiger partial charge in [0.25, 0.3) is 0 Å². The lowest BCUT2D eigenvalue weighted by Gasteiger charge is -2.26. The Morgan fingerprint density at radius 3 is 2.25 bits per heavy atom. The van der Waals surface area contributed by atoms with Crippen LogP contribution in [0.15, 0.2) is 0 Å². The van der Waals surface area contributed by atoms with E-state index in [-0.39, 0.29) is 23.8 Å². The Morgan fingerprint density at radius 2 is 1.94 bits per heavy atom. The Bertz CT molecular complexity index is 212. The minimum Gasteiger partial charge on any atom is -0.389 e. The summed E-state index contributed by atoms with van der Waals surface area (Å²) in [4.78, 5) is 11.3. The number of aliphatic hydroxyl groups is 1. The molecule has 16 heavy (non-hydrogen) atoms. The van der Waals surface area contributed by atoms with E-state index in [9.17, 15) is 14.3 Å². The number of Topliss-reactive ketones (excluding diaryl/α,β-unsaturated/α-hetero) is 1. The van der Waals surface area contributed by atoms with Crippen molar-refractivity contribution in [3.63, 3.8) is 0 Å². The molecule has 0 bridgehead atoms. The molecule has 0 saturated carbocycles. The molecule has 0 fully saturated rings. The summed E-state index contributed by atoms with van der Waals surface area (Å²) in [6.07, 6.45) is -0.460. The predicted molar refractivity (Wildman–Crippen MR) is 61.6 cm³/mol. The van der Waals surface area contributed by atoms with Gasteiger partial charge in [0.15, 0.2) is 0 Å². The Kier molecular flexibility index (Phi) is 7.45. The minimum absolute atomic E-state index is 0.0205. The summed E-state index contributed by atoms with van der Waals surface area (Å²) in [7, 11) is 0. The zero-order chi connectivity index (χ0) is 12.7. The van der Waals surface area contributed by atoms with E-state index in [1.54, 1.807) is 0 Å². The maximum Gasteiger partial charge on any atom is 0.148 e. The Labute approximate surface area is 96.6 Å². The van der Waals surface area contributed by atoms with Gasteiger partial charge in [0.1, 0.15) is 12.5 Å². The first-order valence-electron chi connectivity index (χ1n) is 5.69. The third-order valence-corrected chi connectivity index (χ3v) is 2.59. The molecule has 0 aliphatic carbocycles. The summed E-state index contributed by atoms with van der Waals surface area (Å²) in [6.45, 7) is 6.41. The molecule has 0 aromatic rings. The predicted octanol–water partition coefficient (Wildman–Crippen LogP) is 0.803. The largest absolute Gasteiger partial charge is 0.389 e. The number of hydrazine groups is 1. The molecule has 3 unspecified atom stereocenters. The molecule has 0 radical (unpaired) electrons. The van der Waals surface area contributed by atoms with Gasteiger partial charge in [0.2, 0.25) is 0 Å². The van der Waals surface area contributed by atoms with Crippen molar-refractivity contribution in [2.24, 2.45) is 5.92 Å². The van der Waals surface area contributed by atoms with Gasteiger partial charge in [-0.2, -0.15) is 0 Å². The third kappa shape index (κ3) is 5.01. The fourth-order valence-corrected chi connectivity index (χ4v) is 1.51. The number of ketones is 1. The van der Waals surface area contributed by atoms with E-state index in [1.165, 1.54) is 6.92 Å². The maximum absolute atomic E-state index is 12.3. The summed E-state index contributed by atoms with van der Waals surface area (Å²) in [6, 6.07) is -0.702. The Balaban J connectivity index is 4.22. The number of hydrogen-bond donors (Lipinski definition) is 3.